The summed E-state index contributed by atoms with van der Waals surface area (Å²) in [7, 11) is 0. The fraction of sp³-hybridized carbons (Fsp3) is 0.133. The van der Waals surface area contributed by atoms with Crippen LogP contribution in [-0.2, 0) is 16.2 Å². The van der Waals surface area contributed by atoms with Crippen LogP contribution in [0.2, 0.25) is 0 Å². The minimum Gasteiger partial charge on any atom is -0.505 e. The standard InChI is InChI=1S/C15H15N3O4/c1-9(19)22-18-15(21)14-13(20)6-12(8-17-14)11-4-2-10(7-16)3-5-11/h2-6,8,20H,7,16H2,1H3,(H,18,21). The van der Waals surface area contributed by atoms with Gasteiger partial charge in [-0.2, -0.15) is 5.48 Å². The molecule has 7 nitrogen and oxygen atoms in total. The maximum atomic E-state index is 11.7. The molecule has 1 aromatic carbocycles. The summed E-state index contributed by atoms with van der Waals surface area (Å²) < 4.78 is 0. The summed E-state index contributed by atoms with van der Waals surface area (Å²) in [5, 5.41) is 9.91. The van der Waals surface area contributed by atoms with Crippen molar-refractivity contribution in [2.45, 2.75) is 13.5 Å². The van der Waals surface area contributed by atoms with Gasteiger partial charge in [0.2, 0.25) is 0 Å². The number of amides is 1. The van der Waals surface area contributed by atoms with Crippen LogP contribution in [0.4, 0.5) is 0 Å². The van der Waals surface area contributed by atoms with Gasteiger partial charge in [-0.15, -0.1) is 0 Å². The van der Waals surface area contributed by atoms with Crippen molar-refractivity contribution >= 4 is 11.9 Å². The number of nitrogens with one attached hydrogen (secondary N) is 1. The molecule has 114 valence electrons. The Morgan fingerprint density at radius 3 is 2.50 bits per heavy atom. The summed E-state index contributed by atoms with van der Waals surface area (Å²) in [4.78, 5) is 30.6. The minimum atomic E-state index is -0.808. The molecule has 0 atom stereocenters. The molecule has 0 bridgehead atoms. The van der Waals surface area contributed by atoms with Crippen LogP contribution in [0.5, 0.6) is 5.75 Å². The summed E-state index contributed by atoms with van der Waals surface area (Å²) >= 11 is 0. The fourth-order valence-corrected chi connectivity index (χ4v) is 1.79. The number of nitrogens with two attached hydrogens (primary N) is 1. The molecule has 2 aromatic rings. The van der Waals surface area contributed by atoms with Gasteiger partial charge >= 0.3 is 11.9 Å². The molecule has 0 radical (unpaired) electrons. The molecule has 0 saturated heterocycles. The maximum Gasteiger partial charge on any atom is 0.329 e. The molecule has 7 heteroatoms. The number of benzene rings is 1. The molecule has 4 N–H and O–H groups in total. The SMILES string of the molecule is CC(=O)ONC(=O)c1ncc(-c2ccc(CN)cc2)cc1O. The van der Waals surface area contributed by atoms with Crippen LogP contribution in [0.25, 0.3) is 11.1 Å². The first-order valence-electron chi connectivity index (χ1n) is 6.47. The van der Waals surface area contributed by atoms with E-state index >= 15 is 0 Å². The van der Waals surface area contributed by atoms with Crippen molar-refractivity contribution in [2.24, 2.45) is 5.73 Å². The van der Waals surface area contributed by atoms with Gasteiger partial charge in [-0.05, 0) is 17.2 Å². The van der Waals surface area contributed by atoms with E-state index in [1.54, 1.807) is 0 Å². The van der Waals surface area contributed by atoms with Crippen LogP contribution in [0.1, 0.15) is 23.0 Å². The largest absolute Gasteiger partial charge is 0.505 e. The van der Waals surface area contributed by atoms with Crippen LogP contribution in [0.15, 0.2) is 36.5 Å². The average Bonchev–Trinajstić information content (AvgIpc) is 2.52. The van der Waals surface area contributed by atoms with Crippen LogP contribution >= 0.6 is 0 Å². The molecule has 0 aliphatic heterocycles. The number of hydroxylamine groups is 1. The van der Waals surface area contributed by atoms with Crippen LogP contribution in [0.3, 0.4) is 0 Å². The molecule has 0 aliphatic carbocycles. The van der Waals surface area contributed by atoms with E-state index < -0.39 is 11.9 Å². The van der Waals surface area contributed by atoms with Gasteiger partial charge < -0.3 is 15.7 Å². The molecule has 0 spiro atoms. The smallest absolute Gasteiger partial charge is 0.329 e. The third-order valence-electron chi connectivity index (χ3n) is 2.89. The lowest BCUT2D eigenvalue weighted by atomic mass is 10.0. The van der Waals surface area contributed by atoms with Crippen molar-refractivity contribution in [2.75, 3.05) is 0 Å². The van der Waals surface area contributed by atoms with Crippen molar-refractivity contribution in [3.8, 4) is 16.9 Å². The monoisotopic (exact) mass is 301 g/mol. The van der Waals surface area contributed by atoms with Crippen LogP contribution in [0, 0.1) is 0 Å². The van der Waals surface area contributed by atoms with Crippen molar-refractivity contribution in [1.29, 1.82) is 0 Å². The summed E-state index contributed by atoms with van der Waals surface area (Å²) in [6.45, 7) is 1.58. The van der Waals surface area contributed by atoms with Crippen molar-refractivity contribution in [3.63, 3.8) is 0 Å². The predicted molar refractivity (Wildman–Crippen MR) is 78.5 cm³/mol. The number of pyridine rings is 1. The van der Waals surface area contributed by atoms with Crippen molar-refractivity contribution in [1.82, 2.24) is 10.5 Å². The first-order chi connectivity index (χ1) is 10.5. The predicted octanol–water partition coefficient (Wildman–Crippen LogP) is 1.12. The van der Waals surface area contributed by atoms with Gasteiger partial charge in [-0.3, -0.25) is 9.59 Å². The zero-order chi connectivity index (χ0) is 16.1. The Bertz CT molecular complexity index is 698. The summed E-state index contributed by atoms with van der Waals surface area (Å²) in [5.74, 6) is -1.80. The molecule has 0 fully saturated rings. The minimum absolute atomic E-state index is 0.233. The molecule has 1 amide bonds. The Labute approximate surface area is 126 Å². The molecule has 1 aromatic heterocycles. The number of rotatable bonds is 3. The second-order valence-corrected chi connectivity index (χ2v) is 4.52. The summed E-state index contributed by atoms with van der Waals surface area (Å²) in [6, 6.07) is 8.84. The van der Waals surface area contributed by atoms with E-state index in [0.29, 0.717) is 12.1 Å². The normalized spacial score (nSPS) is 10.1. The van der Waals surface area contributed by atoms with E-state index in [1.807, 2.05) is 29.7 Å². The number of hydrogen-bond acceptors (Lipinski definition) is 6. The van der Waals surface area contributed by atoms with Gasteiger partial charge in [-0.1, -0.05) is 24.3 Å². The highest BCUT2D eigenvalue weighted by Gasteiger charge is 2.15. The lowest BCUT2D eigenvalue weighted by Crippen LogP contribution is -2.26. The van der Waals surface area contributed by atoms with Gasteiger partial charge in [0.1, 0.15) is 5.75 Å². The summed E-state index contributed by atoms with van der Waals surface area (Å²) in [6.07, 6.45) is 1.44. The van der Waals surface area contributed by atoms with E-state index in [0.717, 1.165) is 18.1 Å². The number of hydrogen-bond donors (Lipinski definition) is 3. The third kappa shape index (κ3) is 3.58. The number of aromatic nitrogens is 1. The number of carbonyl (C=O) groups is 2. The molecule has 0 aliphatic rings. The average molecular weight is 301 g/mol. The highest BCUT2D eigenvalue weighted by atomic mass is 16.7. The number of aromatic hydroxyl groups is 1. The van der Waals surface area contributed by atoms with Gasteiger partial charge in [0.15, 0.2) is 5.69 Å². The lowest BCUT2D eigenvalue weighted by molar-refractivity contribution is -0.146. The molecular weight excluding hydrogens is 286 g/mol. The van der Waals surface area contributed by atoms with E-state index in [1.165, 1.54) is 12.3 Å². The highest BCUT2D eigenvalue weighted by molar-refractivity contribution is 5.95. The van der Waals surface area contributed by atoms with Crippen molar-refractivity contribution < 1.29 is 19.5 Å². The van der Waals surface area contributed by atoms with E-state index in [4.69, 9.17) is 5.73 Å². The quantitative estimate of drug-likeness (QED) is 0.732. The Morgan fingerprint density at radius 2 is 1.95 bits per heavy atom. The molecule has 2 rings (SSSR count). The molecular formula is C15H15N3O4. The Kier molecular flexibility index (Phi) is 4.70. The first kappa shape index (κ1) is 15.5. The topological polar surface area (TPSA) is 115 Å². The fourth-order valence-electron chi connectivity index (χ4n) is 1.79. The van der Waals surface area contributed by atoms with E-state index in [-0.39, 0.29) is 11.4 Å². The first-order valence-corrected chi connectivity index (χ1v) is 6.47. The van der Waals surface area contributed by atoms with Crippen molar-refractivity contribution in [3.05, 3.63) is 47.8 Å². The van der Waals surface area contributed by atoms with Crippen LogP contribution in [-0.4, -0.2) is 22.0 Å². The maximum absolute atomic E-state index is 11.7. The van der Waals surface area contributed by atoms with E-state index in [2.05, 4.69) is 9.82 Å². The second-order valence-electron chi connectivity index (χ2n) is 4.52. The van der Waals surface area contributed by atoms with Gasteiger partial charge in [0.25, 0.3) is 0 Å². The lowest BCUT2D eigenvalue weighted by Gasteiger charge is -2.07. The second kappa shape index (κ2) is 6.68. The molecule has 0 unspecified atom stereocenters. The van der Waals surface area contributed by atoms with Crippen LogP contribution < -0.4 is 11.2 Å². The zero-order valence-corrected chi connectivity index (χ0v) is 11.9. The van der Waals surface area contributed by atoms with Gasteiger partial charge in [0, 0.05) is 25.2 Å². The Balaban J connectivity index is 2.21. The highest BCUT2D eigenvalue weighted by Crippen LogP contribution is 2.25. The van der Waals surface area contributed by atoms with Gasteiger partial charge in [-0.25, -0.2) is 4.98 Å². The zero-order valence-electron chi connectivity index (χ0n) is 11.9. The number of nitrogens with zero attached hydrogens (tertiary/aromatic N) is 1. The molecule has 1 heterocycles. The molecule has 22 heavy (non-hydrogen) atoms. The Morgan fingerprint density at radius 1 is 1.27 bits per heavy atom. The van der Waals surface area contributed by atoms with Gasteiger partial charge in [0.05, 0.1) is 0 Å². The Hall–Kier alpha value is -2.93. The third-order valence-corrected chi connectivity index (χ3v) is 2.89. The number of carbonyl (C=O) groups excluding carboxylic acids is 2. The molecule has 0 saturated carbocycles. The summed E-state index contributed by atoms with van der Waals surface area (Å²) in [5.41, 5.74) is 9.64. The van der Waals surface area contributed by atoms with E-state index in [9.17, 15) is 14.7 Å².